The van der Waals surface area contributed by atoms with Crippen LogP contribution in [0.3, 0.4) is 0 Å². The summed E-state index contributed by atoms with van der Waals surface area (Å²) in [5, 5.41) is 6.52. The normalized spacial score (nSPS) is 12.3. The summed E-state index contributed by atoms with van der Waals surface area (Å²) in [5.41, 5.74) is 1.18. The maximum absolute atomic E-state index is 12.0. The first kappa shape index (κ1) is 23.3. The maximum Gasteiger partial charge on any atom is 0.231 e. The van der Waals surface area contributed by atoms with E-state index in [0.717, 1.165) is 50.1 Å². The van der Waals surface area contributed by atoms with E-state index >= 15 is 0 Å². The van der Waals surface area contributed by atoms with Crippen LogP contribution in [0.2, 0.25) is 0 Å². The van der Waals surface area contributed by atoms with Crippen LogP contribution < -0.4 is 20.1 Å². The molecule has 1 aromatic carbocycles. The van der Waals surface area contributed by atoms with Gasteiger partial charge in [-0.2, -0.15) is 0 Å². The fourth-order valence-electron chi connectivity index (χ4n) is 2.76. The molecule has 0 fully saturated rings. The molecule has 0 unspecified atom stereocenters. The Morgan fingerprint density at radius 2 is 1.89 bits per heavy atom. The van der Waals surface area contributed by atoms with Gasteiger partial charge < -0.3 is 25.0 Å². The molecule has 0 spiro atoms. The fraction of sp³-hybridized carbons (Fsp3) is 0.579. The molecule has 0 saturated carbocycles. The van der Waals surface area contributed by atoms with Crippen molar-refractivity contribution in [2.45, 2.75) is 33.6 Å². The topological polar surface area (TPSA) is 75.2 Å². The third-order valence-corrected chi connectivity index (χ3v) is 4.20. The van der Waals surface area contributed by atoms with Crippen molar-refractivity contribution in [1.29, 1.82) is 0 Å². The summed E-state index contributed by atoms with van der Waals surface area (Å²) < 4.78 is 10.7. The number of halogens is 1. The van der Waals surface area contributed by atoms with Crippen molar-refractivity contribution in [3.8, 4) is 11.5 Å². The standard InChI is InChI=1S/C19H30N4O3.HI/c1-4-20-19(22-12-10-18(24)23(5-2)6-3)21-11-9-15-7-8-16-17(13-15)26-14-25-16;/h7-8,13H,4-6,9-12,14H2,1-3H3,(H2,20,21,22);1H. The number of guanidine groups is 1. The molecule has 0 atom stereocenters. The molecule has 8 heteroatoms. The van der Waals surface area contributed by atoms with Crippen molar-refractivity contribution < 1.29 is 14.3 Å². The molecular weight excluding hydrogens is 459 g/mol. The van der Waals surface area contributed by atoms with Crippen LogP contribution in [0.1, 0.15) is 32.8 Å². The Hall–Kier alpha value is -1.71. The Morgan fingerprint density at radius 1 is 1.15 bits per heavy atom. The van der Waals surface area contributed by atoms with E-state index in [0.29, 0.717) is 19.8 Å². The highest BCUT2D eigenvalue weighted by Gasteiger charge is 2.13. The minimum Gasteiger partial charge on any atom is -0.454 e. The number of hydrogen-bond acceptors (Lipinski definition) is 4. The Labute approximate surface area is 178 Å². The summed E-state index contributed by atoms with van der Waals surface area (Å²) in [6.45, 7) is 9.79. The van der Waals surface area contributed by atoms with Crippen LogP contribution >= 0.6 is 24.0 Å². The monoisotopic (exact) mass is 490 g/mol. The Balaban J connectivity index is 0.00000364. The lowest BCUT2D eigenvalue weighted by molar-refractivity contribution is -0.130. The second-order valence-corrected chi connectivity index (χ2v) is 5.94. The van der Waals surface area contributed by atoms with E-state index in [2.05, 4.69) is 15.6 Å². The van der Waals surface area contributed by atoms with Gasteiger partial charge in [0.15, 0.2) is 17.5 Å². The molecule has 0 aliphatic carbocycles. The van der Waals surface area contributed by atoms with Crippen LogP contribution in [0.15, 0.2) is 23.2 Å². The van der Waals surface area contributed by atoms with E-state index in [-0.39, 0.29) is 29.9 Å². The molecule has 0 aromatic heterocycles. The number of nitrogens with one attached hydrogen (secondary N) is 2. The zero-order chi connectivity index (χ0) is 18.8. The maximum atomic E-state index is 12.0. The lowest BCUT2D eigenvalue weighted by Crippen LogP contribution is -2.38. The fourth-order valence-corrected chi connectivity index (χ4v) is 2.76. The van der Waals surface area contributed by atoms with Crippen molar-refractivity contribution in [3.63, 3.8) is 0 Å². The molecule has 0 radical (unpaired) electrons. The molecule has 1 aliphatic heterocycles. The van der Waals surface area contributed by atoms with E-state index in [4.69, 9.17) is 9.47 Å². The van der Waals surface area contributed by atoms with Gasteiger partial charge in [0.05, 0.1) is 6.54 Å². The van der Waals surface area contributed by atoms with Gasteiger partial charge in [0, 0.05) is 32.6 Å². The third-order valence-electron chi connectivity index (χ3n) is 4.20. The van der Waals surface area contributed by atoms with Crippen molar-refractivity contribution in [2.75, 3.05) is 39.5 Å². The van der Waals surface area contributed by atoms with Crippen molar-refractivity contribution in [2.24, 2.45) is 4.99 Å². The molecule has 152 valence electrons. The number of amides is 1. The zero-order valence-electron chi connectivity index (χ0n) is 16.4. The van der Waals surface area contributed by atoms with Gasteiger partial charge in [0.2, 0.25) is 12.7 Å². The van der Waals surface area contributed by atoms with Gasteiger partial charge in [-0.05, 0) is 44.9 Å². The van der Waals surface area contributed by atoms with Crippen molar-refractivity contribution in [1.82, 2.24) is 15.5 Å². The first-order valence-electron chi connectivity index (χ1n) is 9.36. The Bertz CT molecular complexity index is 621. The molecule has 1 amide bonds. The van der Waals surface area contributed by atoms with Gasteiger partial charge in [-0.25, -0.2) is 0 Å². The third kappa shape index (κ3) is 7.43. The predicted octanol–water partition coefficient (Wildman–Crippen LogP) is 2.39. The van der Waals surface area contributed by atoms with E-state index in [1.54, 1.807) is 0 Å². The zero-order valence-corrected chi connectivity index (χ0v) is 18.7. The second-order valence-electron chi connectivity index (χ2n) is 5.94. The van der Waals surface area contributed by atoms with E-state index < -0.39 is 0 Å². The quantitative estimate of drug-likeness (QED) is 0.316. The van der Waals surface area contributed by atoms with Gasteiger partial charge in [-0.3, -0.25) is 9.79 Å². The summed E-state index contributed by atoms with van der Waals surface area (Å²) in [6, 6.07) is 5.99. The molecule has 0 bridgehead atoms. The highest BCUT2D eigenvalue weighted by atomic mass is 127. The van der Waals surface area contributed by atoms with Crippen LogP contribution in [0, 0.1) is 0 Å². The number of ether oxygens (including phenoxy) is 2. The van der Waals surface area contributed by atoms with E-state index in [9.17, 15) is 4.79 Å². The molecule has 2 rings (SSSR count). The number of nitrogens with zero attached hydrogens (tertiary/aromatic N) is 2. The average Bonchev–Trinajstić information content (AvgIpc) is 3.10. The molecule has 2 N–H and O–H groups in total. The molecule has 1 aliphatic rings. The predicted molar refractivity (Wildman–Crippen MR) is 118 cm³/mol. The van der Waals surface area contributed by atoms with Crippen LogP contribution in [0.5, 0.6) is 11.5 Å². The van der Waals surface area contributed by atoms with Crippen LogP contribution in [0.25, 0.3) is 0 Å². The number of rotatable bonds is 9. The minimum absolute atomic E-state index is 0. The first-order chi connectivity index (χ1) is 12.7. The van der Waals surface area contributed by atoms with Gasteiger partial charge >= 0.3 is 0 Å². The van der Waals surface area contributed by atoms with Crippen LogP contribution in [-0.2, 0) is 11.2 Å². The van der Waals surface area contributed by atoms with Crippen molar-refractivity contribution >= 4 is 35.8 Å². The minimum atomic E-state index is 0. The smallest absolute Gasteiger partial charge is 0.231 e. The highest BCUT2D eigenvalue weighted by molar-refractivity contribution is 14.0. The van der Waals surface area contributed by atoms with Crippen molar-refractivity contribution in [3.05, 3.63) is 23.8 Å². The Morgan fingerprint density at radius 3 is 2.59 bits per heavy atom. The molecular formula is C19H31IN4O3. The first-order valence-corrected chi connectivity index (χ1v) is 9.36. The number of hydrogen-bond donors (Lipinski definition) is 2. The SMILES string of the molecule is CCNC(=NCCC(=O)N(CC)CC)NCCc1ccc2c(c1)OCO2.I. The summed E-state index contributed by atoms with van der Waals surface area (Å²) in [6.07, 6.45) is 1.28. The van der Waals surface area contributed by atoms with Crippen LogP contribution in [-0.4, -0.2) is 56.3 Å². The molecule has 0 saturated heterocycles. The molecule has 1 aromatic rings. The van der Waals surface area contributed by atoms with Gasteiger partial charge in [-0.1, -0.05) is 6.07 Å². The number of benzene rings is 1. The lowest BCUT2D eigenvalue weighted by Gasteiger charge is -2.18. The summed E-state index contributed by atoms with van der Waals surface area (Å²) >= 11 is 0. The molecule has 27 heavy (non-hydrogen) atoms. The molecule has 1 heterocycles. The van der Waals surface area contributed by atoms with E-state index in [1.807, 2.05) is 43.9 Å². The Kier molecular flexibility index (Phi) is 10.9. The number of aliphatic imine (C=N–C) groups is 1. The number of carbonyl (C=O) groups excluding carboxylic acids is 1. The lowest BCUT2D eigenvalue weighted by atomic mass is 10.1. The van der Waals surface area contributed by atoms with Gasteiger partial charge in [0.1, 0.15) is 0 Å². The summed E-state index contributed by atoms with van der Waals surface area (Å²) in [5.74, 6) is 2.49. The van der Waals surface area contributed by atoms with Gasteiger partial charge in [0.25, 0.3) is 0 Å². The van der Waals surface area contributed by atoms with E-state index in [1.165, 1.54) is 5.56 Å². The molecule has 7 nitrogen and oxygen atoms in total. The van der Waals surface area contributed by atoms with Gasteiger partial charge in [-0.15, -0.1) is 24.0 Å². The number of fused-ring (bicyclic) bond motifs is 1. The largest absolute Gasteiger partial charge is 0.454 e. The highest BCUT2D eigenvalue weighted by Crippen LogP contribution is 2.32. The average molecular weight is 490 g/mol. The van der Waals surface area contributed by atoms with Crippen LogP contribution in [0.4, 0.5) is 0 Å². The second kappa shape index (κ2) is 12.6. The summed E-state index contributed by atoms with van der Waals surface area (Å²) in [7, 11) is 0. The summed E-state index contributed by atoms with van der Waals surface area (Å²) in [4.78, 5) is 18.4. The number of carbonyl (C=O) groups is 1.